The number of piperidine rings is 1. The van der Waals surface area contributed by atoms with Gasteiger partial charge in [-0.1, -0.05) is 0 Å². The zero-order valence-electron chi connectivity index (χ0n) is 11.4. The minimum absolute atomic E-state index is 0.0651. The molecule has 8 heteroatoms. The van der Waals surface area contributed by atoms with E-state index in [4.69, 9.17) is 5.14 Å². The number of aromatic nitrogens is 1. The van der Waals surface area contributed by atoms with Crippen LogP contribution in [0.2, 0.25) is 0 Å². The summed E-state index contributed by atoms with van der Waals surface area (Å²) in [5, 5.41) is 4.95. The molecule has 112 valence electrons. The van der Waals surface area contributed by atoms with E-state index in [1.165, 1.54) is 0 Å². The first kappa shape index (κ1) is 15.0. The number of hydrogen-bond acceptors (Lipinski definition) is 3. The molecule has 1 aliphatic heterocycles. The molecule has 1 fully saturated rings. The molecular weight excluding hydrogens is 280 g/mol. The SMILES string of the molecule is Cc1c[nH]cc1C(=O)N1CCCCC1CNS(N)(=O)=O. The van der Waals surface area contributed by atoms with Crippen LogP contribution in [0, 0.1) is 6.92 Å². The predicted molar refractivity (Wildman–Crippen MR) is 75.3 cm³/mol. The molecule has 0 bridgehead atoms. The molecule has 0 saturated carbocycles. The molecule has 1 amide bonds. The molecule has 0 aliphatic carbocycles. The van der Waals surface area contributed by atoms with Crippen LogP contribution in [0.15, 0.2) is 12.4 Å². The number of amides is 1. The molecule has 20 heavy (non-hydrogen) atoms. The topological polar surface area (TPSA) is 108 Å². The second kappa shape index (κ2) is 5.94. The van der Waals surface area contributed by atoms with Crippen molar-refractivity contribution in [2.45, 2.75) is 32.2 Å². The van der Waals surface area contributed by atoms with Gasteiger partial charge in [0.1, 0.15) is 0 Å². The quantitative estimate of drug-likeness (QED) is 0.734. The highest BCUT2D eigenvalue weighted by atomic mass is 32.2. The first-order valence-corrected chi connectivity index (χ1v) is 8.15. The molecule has 1 atom stereocenters. The Kier molecular flexibility index (Phi) is 4.46. The molecule has 0 spiro atoms. The molecule has 1 aromatic rings. The van der Waals surface area contributed by atoms with Crippen molar-refractivity contribution in [2.75, 3.05) is 13.1 Å². The van der Waals surface area contributed by atoms with E-state index >= 15 is 0 Å². The number of H-pyrrole nitrogens is 1. The Bertz CT molecular complexity index is 581. The third-order valence-electron chi connectivity index (χ3n) is 3.59. The molecule has 1 aliphatic rings. The number of aromatic amines is 1. The second-order valence-corrected chi connectivity index (χ2v) is 6.47. The number of likely N-dealkylation sites (tertiary alicyclic amines) is 1. The van der Waals surface area contributed by atoms with Crippen molar-refractivity contribution < 1.29 is 13.2 Å². The van der Waals surface area contributed by atoms with Crippen LogP contribution in [-0.4, -0.2) is 43.3 Å². The Morgan fingerprint density at radius 3 is 2.85 bits per heavy atom. The Morgan fingerprint density at radius 2 is 2.25 bits per heavy atom. The van der Waals surface area contributed by atoms with E-state index < -0.39 is 10.2 Å². The average Bonchev–Trinajstić information content (AvgIpc) is 2.81. The van der Waals surface area contributed by atoms with E-state index in [-0.39, 0.29) is 18.5 Å². The zero-order valence-corrected chi connectivity index (χ0v) is 12.2. The van der Waals surface area contributed by atoms with Crippen molar-refractivity contribution in [1.29, 1.82) is 0 Å². The van der Waals surface area contributed by atoms with Crippen molar-refractivity contribution >= 4 is 16.1 Å². The molecule has 1 aromatic heterocycles. The van der Waals surface area contributed by atoms with Crippen molar-refractivity contribution in [3.8, 4) is 0 Å². The maximum Gasteiger partial charge on any atom is 0.274 e. The number of aryl methyl sites for hydroxylation is 1. The third-order valence-corrected chi connectivity index (χ3v) is 4.16. The summed E-state index contributed by atoms with van der Waals surface area (Å²) in [6, 6.07) is -0.149. The number of carbonyl (C=O) groups excluding carboxylic acids is 1. The van der Waals surface area contributed by atoms with Gasteiger partial charge in [-0.3, -0.25) is 4.79 Å². The highest BCUT2D eigenvalue weighted by Crippen LogP contribution is 2.20. The molecule has 2 heterocycles. The van der Waals surface area contributed by atoms with Crippen molar-refractivity contribution in [2.24, 2.45) is 5.14 Å². The van der Waals surface area contributed by atoms with Crippen LogP contribution in [0.3, 0.4) is 0 Å². The van der Waals surface area contributed by atoms with E-state index in [1.54, 1.807) is 17.3 Å². The molecule has 1 unspecified atom stereocenters. The number of hydrogen-bond donors (Lipinski definition) is 3. The van der Waals surface area contributed by atoms with Crippen LogP contribution in [-0.2, 0) is 10.2 Å². The standard InChI is InChI=1S/C12H20N4O3S/c1-9-6-14-8-11(9)12(17)16-5-3-2-4-10(16)7-15-20(13,18)19/h6,8,10,14-15H,2-5,7H2,1H3,(H2,13,18,19). The average molecular weight is 300 g/mol. The second-order valence-electron chi connectivity index (χ2n) is 5.09. The van der Waals surface area contributed by atoms with Gasteiger partial charge in [-0.2, -0.15) is 8.42 Å². The maximum absolute atomic E-state index is 12.5. The van der Waals surface area contributed by atoms with Crippen LogP contribution in [0.1, 0.15) is 35.2 Å². The highest BCUT2D eigenvalue weighted by Gasteiger charge is 2.28. The summed E-state index contributed by atoms with van der Waals surface area (Å²) in [5.74, 6) is -0.0651. The van der Waals surface area contributed by atoms with Crippen molar-refractivity contribution in [3.63, 3.8) is 0 Å². The van der Waals surface area contributed by atoms with E-state index in [2.05, 4.69) is 9.71 Å². The molecule has 0 radical (unpaired) electrons. The number of carbonyl (C=O) groups is 1. The van der Waals surface area contributed by atoms with Gasteiger partial charge in [-0.15, -0.1) is 0 Å². The minimum Gasteiger partial charge on any atom is -0.367 e. The lowest BCUT2D eigenvalue weighted by molar-refractivity contribution is 0.0618. The zero-order chi connectivity index (χ0) is 14.8. The molecule has 7 nitrogen and oxygen atoms in total. The minimum atomic E-state index is -3.73. The van der Waals surface area contributed by atoms with E-state index in [0.29, 0.717) is 12.1 Å². The molecule has 4 N–H and O–H groups in total. The lowest BCUT2D eigenvalue weighted by Crippen LogP contribution is -2.50. The Labute approximate surface area is 118 Å². The summed E-state index contributed by atoms with van der Waals surface area (Å²) < 4.78 is 24.3. The summed E-state index contributed by atoms with van der Waals surface area (Å²) >= 11 is 0. The van der Waals surface area contributed by atoms with Crippen LogP contribution in [0.4, 0.5) is 0 Å². The highest BCUT2D eigenvalue weighted by molar-refractivity contribution is 7.87. The Hall–Kier alpha value is -1.38. The lowest BCUT2D eigenvalue weighted by Gasteiger charge is -2.35. The summed E-state index contributed by atoms with van der Waals surface area (Å²) in [6.07, 6.45) is 6.14. The summed E-state index contributed by atoms with van der Waals surface area (Å²) in [7, 11) is -3.73. The van der Waals surface area contributed by atoms with Gasteiger partial charge in [-0.05, 0) is 31.7 Å². The van der Waals surface area contributed by atoms with E-state index in [0.717, 1.165) is 24.8 Å². The number of nitrogens with zero attached hydrogens (tertiary/aromatic N) is 1. The van der Waals surface area contributed by atoms with E-state index in [9.17, 15) is 13.2 Å². The van der Waals surface area contributed by atoms with Gasteiger partial charge in [0.25, 0.3) is 16.1 Å². The van der Waals surface area contributed by atoms with Gasteiger partial charge in [0.2, 0.25) is 0 Å². The van der Waals surface area contributed by atoms with E-state index in [1.807, 2.05) is 6.92 Å². The molecule has 1 saturated heterocycles. The van der Waals surface area contributed by atoms with Crippen LogP contribution in [0.5, 0.6) is 0 Å². The molecule has 2 rings (SSSR count). The summed E-state index contributed by atoms with van der Waals surface area (Å²) in [6.45, 7) is 2.67. The van der Waals surface area contributed by atoms with Gasteiger partial charge in [0.05, 0.1) is 5.56 Å². The monoisotopic (exact) mass is 300 g/mol. The van der Waals surface area contributed by atoms with Crippen LogP contribution < -0.4 is 9.86 Å². The maximum atomic E-state index is 12.5. The fraction of sp³-hybridized carbons (Fsp3) is 0.583. The largest absolute Gasteiger partial charge is 0.367 e. The third kappa shape index (κ3) is 3.59. The number of nitrogens with one attached hydrogen (secondary N) is 2. The van der Waals surface area contributed by atoms with Crippen LogP contribution >= 0.6 is 0 Å². The first-order valence-electron chi connectivity index (χ1n) is 6.60. The fourth-order valence-electron chi connectivity index (χ4n) is 2.52. The Morgan fingerprint density at radius 1 is 1.50 bits per heavy atom. The number of nitrogens with two attached hydrogens (primary N) is 1. The van der Waals surface area contributed by atoms with Gasteiger partial charge in [0.15, 0.2) is 0 Å². The molecular formula is C12H20N4O3S. The first-order chi connectivity index (χ1) is 9.38. The van der Waals surface area contributed by atoms with Crippen molar-refractivity contribution in [1.82, 2.24) is 14.6 Å². The molecule has 0 aromatic carbocycles. The number of rotatable bonds is 4. The lowest BCUT2D eigenvalue weighted by atomic mass is 10.0. The smallest absolute Gasteiger partial charge is 0.274 e. The van der Waals surface area contributed by atoms with Crippen molar-refractivity contribution in [3.05, 3.63) is 23.5 Å². The normalized spacial score (nSPS) is 20.1. The van der Waals surface area contributed by atoms with Gasteiger partial charge >= 0.3 is 0 Å². The predicted octanol–water partition coefficient (Wildman–Crippen LogP) is 0.111. The van der Waals surface area contributed by atoms with Gasteiger partial charge in [-0.25, -0.2) is 9.86 Å². The van der Waals surface area contributed by atoms with Gasteiger partial charge in [0, 0.05) is 31.5 Å². The van der Waals surface area contributed by atoms with Crippen LogP contribution in [0.25, 0.3) is 0 Å². The fourth-order valence-corrected chi connectivity index (χ4v) is 2.94. The summed E-state index contributed by atoms with van der Waals surface area (Å²) in [4.78, 5) is 17.2. The summed E-state index contributed by atoms with van der Waals surface area (Å²) in [5.41, 5.74) is 1.52. The Balaban J connectivity index is 2.11. The van der Waals surface area contributed by atoms with Gasteiger partial charge < -0.3 is 9.88 Å².